The van der Waals surface area contributed by atoms with Crippen LogP contribution in [0.2, 0.25) is 0 Å². The Morgan fingerprint density at radius 2 is 1.71 bits per heavy atom. The third-order valence-electron chi connectivity index (χ3n) is 5.61. The Morgan fingerprint density at radius 3 is 2.33 bits per heavy atom. The van der Waals surface area contributed by atoms with E-state index in [-0.39, 0.29) is 0 Å². The first kappa shape index (κ1) is 15.0. The van der Waals surface area contributed by atoms with Crippen LogP contribution in [-0.4, -0.2) is 46.6 Å². The van der Waals surface area contributed by atoms with E-state index in [1.807, 2.05) is 0 Å². The highest BCUT2D eigenvalue weighted by Gasteiger charge is 2.41. The molecule has 3 unspecified atom stereocenters. The van der Waals surface area contributed by atoms with Gasteiger partial charge in [-0.15, -0.1) is 0 Å². The molecule has 1 saturated carbocycles. The van der Waals surface area contributed by atoms with Crippen LogP contribution in [0.3, 0.4) is 0 Å². The second kappa shape index (κ2) is 6.07. The molecule has 3 nitrogen and oxygen atoms in total. The van der Waals surface area contributed by atoms with Crippen molar-refractivity contribution >= 4 is 0 Å². The normalized spacial score (nSPS) is 38.2. The first-order valence-corrected chi connectivity index (χ1v) is 8.37. The zero-order valence-corrected chi connectivity index (χ0v) is 13.6. The summed E-state index contributed by atoms with van der Waals surface area (Å²) in [5, 5.41) is 0. The molecular weight excluding hydrogens is 258 g/mol. The minimum Gasteiger partial charge on any atom is -0.328 e. The third kappa shape index (κ3) is 3.01. The summed E-state index contributed by atoms with van der Waals surface area (Å²) in [6, 6.07) is 13.8. The van der Waals surface area contributed by atoms with Crippen LogP contribution in [0.25, 0.3) is 0 Å². The SMILES string of the molecule is CC1CN(C2CC(N)C2)C(C)C(C)N1Cc1ccccc1. The summed E-state index contributed by atoms with van der Waals surface area (Å²) in [5.74, 6) is 0. The van der Waals surface area contributed by atoms with Crippen molar-refractivity contribution in [1.82, 2.24) is 9.80 Å². The zero-order chi connectivity index (χ0) is 15.0. The average molecular weight is 287 g/mol. The Hall–Kier alpha value is -0.900. The van der Waals surface area contributed by atoms with Crippen molar-refractivity contribution in [2.75, 3.05) is 6.54 Å². The molecule has 2 N–H and O–H groups in total. The van der Waals surface area contributed by atoms with Gasteiger partial charge >= 0.3 is 0 Å². The molecule has 0 amide bonds. The molecule has 1 aromatic carbocycles. The van der Waals surface area contributed by atoms with E-state index >= 15 is 0 Å². The average Bonchev–Trinajstić information content (AvgIpc) is 2.45. The number of hydrogen-bond donors (Lipinski definition) is 1. The number of hydrogen-bond acceptors (Lipinski definition) is 3. The lowest BCUT2D eigenvalue weighted by atomic mass is 9.83. The number of nitrogens with zero attached hydrogens (tertiary/aromatic N) is 2. The van der Waals surface area contributed by atoms with Crippen molar-refractivity contribution in [3.05, 3.63) is 35.9 Å². The third-order valence-corrected chi connectivity index (χ3v) is 5.61. The maximum absolute atomic E-state index is 5.98. The predicted molar refractivity (Wildman–Crippen MR) is 88.1 cm³/mol. The van der Waals surface area contributed by atoms with Crippen molar-refractivity contribution < 1.29 is 0 Å². The molecule has 2 aliphatic rings. The Balaban J connectivity index is 1.67. The fourth-order valence-electron chi connectivity index (χ4n) is 4.01. The summed E-state index contributed by atoms with van der Waals surface area (Å²) in [6.07, 6.45) is 2.37. The number of benzene rings is 1. The van der Waals surface area contributed by atoms with E-state index in [2.05, 4.69) is 60.9 Å². The smallest absolute Gasteiger partial charge is 0.0240 e. The Kier molecular flexibility index (Phi) is 4.34. The standard InChI is InChI=1S/C18H29N3/c1-13-11-21(18-9-17(19)10-18)15(3)14(2)20(13)12-16-7-5-4-6-8-16/h4-8,13-15,17-18H,9-12,19H2,1-3H3. The number of rotatable bonds is 3. The van der Waals surface area contributed by atoms with Gasteiger partial charge in [0.15, 0.2) is 0 Å². The molecule has 21 heavy (non-hydrogen) atoms. The van der Waals surface area contributed by atoms with Gasteiger partial charge in [0.05, 0.1) is 0 Å². The van der Waals surface area contributed by atoms with Crippen LogP contribution in [-0.2, 0) is 6.54 Å². The summed E-state index contributed by atoms with van der Waals surface area (Å²) < 4.78 is 0. The Morgan fingerprint density at radius 1 is 1.05 bits per heavy atom. The maximum Gasteiger partial charge on any atom is 0.0240 e. The molecule has 2 fully saturated rings. The second-order valence-electron chi connectivity index (χ2n) is 7.07. The quantitative estimate of drug-likeness (QED) is 0.927. The summed E-state index contributed by atoms with van der Waals surface area (Å²) in [7, 11) is 0. The molecule has 1 saturated heterocycles. The van der Waals surface area contributed by atoms with Gasteiger partial charge in [0.1, 0.15) is 0 Å². The van der Waals surface area contributed by atoms with Crippen molar-refractivity contribution in [2.24, 2.45) is 5.73 Å². The molecule has 0 bridgehead atoms. The molecule has 1 aromatic rings. The van der Waals surface area contributed by atoms with Gasteiger partial charge in [-0.2, -0.15) is 0 Å². The Bertz CT molecular complexity index is 455. The van der Waals surface area contributed by atoms with E-state index in [0.717, 1.165) is 12.6 Å². The largest absolute Gasteiger partial charge is 0.328 e. The fourth-order valence-corrected chi connectivity index (χ4v) is 4.01. The maximum atomic E-state index is 5.98. The van der Waals surface area contributed by atoms with E-state index in [9.17, 15) is 0 Å². The van der Waals surface area contributed by atoms with Crippen molar-refractivity contribution in [1.29, 1.82) is 0 Å². The van der Waals surface area contributed by atoms with E-state index in [1.165, 1.54) is 24.9 Å². The lowest BCUT2D eigenvalue weighted by molar-refractivity contribution is -0.0493. The van der Waals surface area contributed by atoms with Crippen LogP contribution < -0.4 is 5.73 Å². The minimum atomic E-state index is 0.440. The molecule has 3 rings (SSSR count). The molecule has 3 heteroatoms. The highest BCUT2D eigenvalue weighted by Crippen LogP contribution is 2.32. The number of nitrogens with two attached hydrogens (primary N) is 1. The minimum absolute atomic E-state index is 0.440. The molecule has 116 valence electrons. The first-order chi connectivity index (χ1) is 10.1. The summed E-state index contributed by atoms with van der Waals surface area (Å²) in [6.45, 7) is 9.38. The summed E-state index contributed by atoms with van der Waals surface area (Å²) >= 11 is 0. The van der Waals surface area contributed by atoms with Crippen LogP contribution in [0.5, 0.6) is 0 Å². The van der Waals surface area contributed by atoms with Crippen molar-refractivity contribution in [2.45, 2.75) is 70.4 Å². The van der Waals surface area contributed by atoms with Crippen LogP contribution in [0, 0.1) is 0 Å². The predicted octanol–water partition coefficient (Wildman–Crippen LogP) is 2.46. The summed E-state index contributed by atoms with van der Waals surface area (Å²) in [5.41, 5.74) is 7.40. The van der Waals surface area contributed by atoms with E-state index in [1.54, 1.807) is 0 Å². The lowest BCUT2D eigenvalue weighted by Gasteiger charge is -2.54. The van der Waals surface area contributed by atoms with Crippen molar-refractivity contribution in [3.63, 3.8) is 0 Å². The molecule has 1 aliphatic carbocycles. The molecule has 0 spiro atoms. The van der Waals surface area contributed by atoms with Crippen LogP contribution >= 0.6 is 0 Å². The monoisotopic (exact) mass is 287 g/mol. The van der Waals surface area contributed by atoms with Gasteiger partial charge in [-0.05, 0) is 39.2 Å². The molecular formula is C18H29N3. The van der Waals surface area contributed by atoms with Gasteiger partial charge in [-0.3, -0.25) is 9.80 Å². The van der Waals surface area contributed by atoms with Crippen LogP contribution in [0.15, 0.2) is 30.3 Å². The van der Waals surface area contributed by atoms with E-state index in [4.69, 9.17) is 5.73 Å². The molecule has 3 atom stereocenters. The van der Waals surface area contributed by atoms with Gasteiger partial charge in [0.2, 0.25) is 0 Å². The molecule has 1 heterocycles. The van der Waals surface area contributed by atoms with Crippen molar-refractivity contribution in [3.8, 4) is 0 Å². The van der Waals surface area contributed by atoms with Gasteiger partial charge < -0.3 is 5.73 Å². The van der Waals surface area contributed by atoms with E-state index in [0.29, 0.717) is 24.2 Å². The highest BCUT2D eigenvalue weighted by molar-refractivity contribution is 5.15. The van der Waals surface area contributed by atoms with E-state index < -0.39 is 0 Å². The Labute approximate surface area is 129 Å². The lowest BCUT2D eigenvalue weighted by Crippen LogP contribution is -2.65. The molecule has 1 aliphatic heterocycles. The molecule has 0 radical (unpaired) electrons. The number of piperazine rings is 1. The first-order valence-electron chi connectivity index (χ1n) is 8.37. The van der Waals surface area contributed by atoms with Gasteiger partial charge in [0, 0.05) is 43.3 Å². The van der Waals surface area contributed by atoms with Crippen LogP contribution in [0.1, 0.15) is 39.2 Å². The van der Waals surface area contributed by atoms with Crippen LogP contribution in [0.4, 0.5) is 0 Å². The zero-order valence-electron chi connectivity index (χ0n) is 13.6. The fraction of sp³-hybridized carbons (Fsp3) is 0.667. The van der Waals surface area contributed by atoms with Gasteiger partial charge in [-0.25, -0.2) is 0 Å². The summed E-state index contributed by atoms with van der Waals surface area (Å²) in [4.78, 5) is 5.37. The topological polar surface area (TPSA) is 32.5 Å². The second-order valence-corrected chi connectivity index (χ2v) is 7.07. The van der Waals surface area contributed by atoms with Gasteiger partial charge in [0.25, 0.3) is 0 Å². The molecule has 0 aromatic heterocycles. The highest BCUT2D eigenvalue weighted by atomic mass is 15.3. The van der Waals surface area contributed by atoms with Gasteiger partial charge in [-0.1, -0.05) is 30.3 Å².